The van der Waals surface area contributed by atoms with Crippen LogP contribution in [-0.2, 0) is 0 Å². The van der Waals surface area contributed by atoms with Crippen molar-refractivity contribution in [2.75, 3.05) is 6.54 Å². The highest BCUT2D eigenvalue weighted by molar-refractivity contribution is 7.95. The molecule has 5 rings (SSSR count). The predicted octanol–water partition coefficient (Wildman–Crippen LogP) is 8.63. The number of hydrogen-bond donors (Lipinski definition) is 0. The van der Waals surface area contributed by atoms with E-state index in [1.54, 1.807) is 0 Å². The van der Waals surface area contributed by atoms with Crippen LogP contribution in [0.25, 0.3) is 6.08 Å². The highest BCUT2D eigenvalue weighted by atomic mass is 35.5. The third-order valence-corrected chi connectivity index (χ3v) is 12.8. The van der Waals surface area contributed by atoms with E-state index in [9.17, 15) is 0 Å². The minimum absolute atomic E-state index is 0.176. The fourth-order valence-electron chi connectivity index (χ4n) is 5.82. The van der Waals surface area contributed by atoms with E-state index >= 15 is 0 Å². The molecule has 0 atom stereocenters. The van der Waals surface area contributed by atoms with Crippen LogP contribution in [0.15, 0.2) is 115 Å². The Kier molecular flexibility index (Phi) is 8.34. The van der Waals surface area contributed by atoms with Gasteiger partial charge in [-0.2, -0.15) is 0 Å². The summed E-state index contributed by atoms with van der Waals surface area (Å²) in [5.74, 6) is 0. The smallest absolute Gasteiger partial charge is 0.0971 e. The molecule has 5 heteroatoms. The molecule has 1 aliphatic heterocycles. The van der Waals surface area contributed by atoms with Crippen LogP contribution in [0.4, 0.5) is 0 Å². The van der Waals surface area contributed by atoms with Crippen LogP contribution in [0, 0.1) is 0 Å². The van der Waals surface area contributed by atoms with Crippen LogP contribution >= 0.6 is 30.1 Å². The monoisotopic (exact) mass is 600 g/mol. The highest BCUT2D eigenvalue weighted by Crippen LogP contribution is 2.54. The van der Waals surface area contributed by atoms with Crippen LogP contribution in [0.1, 0.15) is 47.1 Å². The maximum atomic E-state index is 7.28. The molecule has 41 heavy (non-hydrogen) atoms. The number of nitrogens with zero attached hydrogens (tertiary/aromatic N) is 2. The number of rotatable bonds is 4. The van der Waals surface area contributed by atoms with Crippen molar-refractivity contribution in [3.8, 4) is 0 Å². The Morgan fingerprint density at radius 3 is 1.63 bits per heavy atom. The topological polar surface area (TPSA) is 6.48 Å². The van der Waals surface area contributed by atoms with Gasteiger partial charge in [-0.25, -0.2) is 4.90 Å². The van der Waals surface area contributed by atoms with E-state index in [1.807, 2.05) is 12.1 Å². The summed E-state index contributed by atoms with van der Waals surface area (Å²) < 4.78 is 0. The number of benzene rings is 4. The molecule has 4 aromatic rings. The second kappa shape index (κ2) is 11.5. The molecule has 0 aromatic heterocycles. The molecule has 2 nitrogen and oxygen atoms in total. The van der Waals surface area contributed by atoms with Gasteiger partial charge in [-0.3, -0.25) is 0 Å². The first-order valence-electron chi connectivity index (χ1n) is 14.1. The lowest BCUT2D eigenvalue weighted by molar-refractivity contribution is 0.256. The van der Waals surface area contributed by atoms with E-state index in [0.29, 0.717) is 10.0 Å². The van der Waals surface area contributed by atoms with E-state index in [1.165, 1.54) is 27.4 Å². The van der Waals surface area contributed by atoms with Gasteiger partial charge in [0.25, 0.3) is 0 Å². The molecule has 0 saturated carbocycles. The second-order valence-corrected chi connectivity index (χ2v) is 16.6. The first kappa shape index (κ1) is 29.7. The third-order valence-electron chi connectivity index (χ3n) is 7.54. The second-order valence-electron chi connectivity index (χ2n) is 12.5. The SMILES string of the molecule is CC(C)(C)N1CC(=Cc2ccccc2)N(C(C)(C)C)C1=P(c1ccccc1)(c1ccccc1)c1cccc(Cl)c1Cl. The molecule has 0 radical (unpaired) electrons. The van der Waals surface area contributed by atoms with Gasteiger partial charge in [-0.15, -0.1) is 0 Å². The molecule has 0 N–H and O–H groups in total. The van der Waals surface area contributed by atoms with Gasteiger partial charge in [0.05, 0.1) is 15.6 Å². The van der Waals surface area contributed by atoms with E-state index < -0.39 is 6.89 Å². The van der Waals surface area contributed by atoms with Gasteiger partial charge < -0.3 is 4.90 Å². The van der Waals surface area contributed by atoms with Crippen molar-refractivity contribution in [1.82, 2.24) is 9.80 Å². The van der Waals surface area contributed by atoms with Crippen LogP contribution in [0.3, 0.4) is 0 Å². The minimum atomic E-state index is -2.60. The molecule has 0 unspecified atom stereocenters. The largest absolute Gasteiger partial charge is 0.329 e. The maximum absolute atomic E-state index is 7.28. The van der Waals surface area contributed by atoms with Crippen molar-refractivity contribution in [3.05, 3.63) is 131 Å². The first-order chi connectivity index (χ1) is 19.5. The van der Waals surface area contributed by atoms with Gasteiger partial charge in [0.2, 0.25) is 0 Å². The standard InChI is InChI=1S/C36H39Cl2N2P/c1-35(2,3)39-26-28(25-27-17-10-7-11-18-27)40(36(4,5)6)34(39)41(29-19-12-8-13-20-29,30-21-14-9-15-22-30)32-24-16-23-31(37)33(32)38/h7-25H,26H2,1-6H3. The fourth-order valence-corrected chi connectivity index (χ4v) is 11.5. The fraction of sp³-hybridized carbons (Fsp3) is 0.250. The highest BCUT2D eigenvalue weighted by Gasteiger charge is 2.48. The van der Waals surface area contributed by atoms with Gasteiger partial charge in [0.1, 0.15) is 0 Å². The lowest BCUT2D eigenvalue weighted by Crippen LogP contribution is -2.53. The Labute approximate surface area is 256 Å². The molecule has 0 bridgehead atoms. The van der Waals surface area contributed by atoms with E-state index in [4.69, 9.17) is 23.2 Å². The summed E-state index contributed by atoms with van der Waals surface area (Å²) >= 11 is 14.1. The average Bonchev–Trinajstić information content (AvgIpc) is 3.34. The summed E-state index contributed by atoms with van der Waals surface area (Å²) in [4.78, 5) is 5.20. The van der Waals surface area contributed by atoms with Crippen LogP contribution in [0.5, 0.6) is 0 Å². The summed E-state index contributed by atoms with van der Waals surface area (Å²) in [7, 11) is 0. The van der Waals surface area contributed by atoms with Crippen LogP contribution < -0.4 is 15.9 Å². The summed E-state index contributed by atoms with van der Waals surface area (Å²) in [6.07, 6.45) is 2.35. The normalized spacial score (nSPS) is 16.0. The summed E-state index contributed by atoms with van der Waals surface area (Å²) in [6, 6.07) is 38.6. The number of hydrogen-bond acceptors (Lipinski definition) is 0. The van der Waals surface area contributed by atoms with Crippen molar-refractivity contribution >= 4 is 57.6 Å². The Bertz CT molecular complexity index is 1560. The Morgan fingerprint density at radius 2 is 1.15 bits per heavy atom. The average molecular weight is 602 g/mol. The zero-order valence-corrected chi connectivity index (χ0v) is 27.2. The molecule has 0 spiro atoms. The molecule has 212 valence electrons. The van der Waals surface area contributed by atoms with Gasteiger partial charge >= 0.3 is 0 Å². The van der Waals surface area contributed by atoms with Crippen molar-refractivity contribution in [2.45, 2.75) is 52.6 Å². The zero-order chi connectivity index (χ0) is 29.4. The molecule has 4 aromatic carbocycles. The lowest BCUT2D eigenvalue weighted by Gasteiger charge is -2.45. The molecular formula is C36H39Cl2N2P. The van der Waals surface area contributed by atoms with Crippen LogP contribution in [0.2, 0.25) is 10.0 Å². The van der Waals surface area contributed by atoms with Crippen molar-refractivity contribution < 1.29 is 0 Å². The third kappa shape index (κ3) is 5.56. The Balaban J connectivity index is 2.08. The number of halogens is 2. The van der Waals surface area contributed by atoms with Crippen molar-refractivity contribution in [3.63, 3.8) is 0 Å². The van der Waals surface area contributed by atoms with Crippen LogP contribution in [-0.4, -0.2) is 33.0 Å². The van der Waals surface area contributed by atoms with Gasteiger partial charge in [0.15, 0.2) is 0 Å². The Morgan fingerprint density at radius 1 is 0.634 bits per heavy atom. The molecule has 1 heterocycles. The maximum Gasteiger partial charge on any atom is 0.0971 e. The molecule has 1 saturated heterocycles. The zero-order valence-electron chi connectivity index (χ0n) is 24.8. The van der Waals surface area contributed by atoms with E-state index in [0.717, 1.165) is 11.8 Å². The van der Waals surface area contributed by atoms with E-state index in [-0.39, 0.29) is 11.1 Å². The summed E-state index contributed by atoms with van der Waals surface area (Å²) in [6.45, 7) is 12.0. The molecular weight excluding hydrogens is 562 g/mol. The molecule has 1 aliphatic rings. The Hall–Kier alpha value is -2.74. The predicted molar refractivity (Wildman–Crippen MR) is 183 cm³/mol. The first-order valence-corrected chi connectivity index (χ1v) is 16.7. The quantitative estimate of drug-likeness (QED) is 0.216. The summed E-state index contributed by atoms with van der Waals surface area (Å²) in [5, 5.41) is 4.75. The van der Waals surface area contributed by atoms with Gasteiger partial charge in [0, 0.05) is 35.5 Å². The van der Waals surface area contributed by atoms with Crippen molar-refractivity contribution in [2.24, 2.45) is 0 Å². The molecule has 1 fully saturated rings. The van der Waals surface area contributed by atoms with Gasteiger partial charge in [-0.1, -0.05) is 126 Å². The minimum Gasteiger partial charge on any atom is -0.329 e. The lowest BCUT2D eigenvalue weighted by atomic mass is 10.1. The molecule has 0 amide bonds. The molecule has 0 aliphatic carbocycles. The van der Waals surface area contributed by atoms with E-state index in [2.05, 4.69) is 154 Å². The van der Waals surface area contributed by atoms with Gasteiger partial charge in [-0.05, 0) is 69.9 Å². The summed E-state index contributed by atoms with van der Waals surface area (Å²) in [5.41, 5.74) is 3.33. The van der Waals surface area contributed by atoms with Crippen molar-refractivity contribution in [1.29, 1.82) is 0 Å².